The summed E-state index contributed by atoms with van der Waals surface area (Å²) in [5, 5.41) is 4.52. The Morgan fingerprint density at radius 1 is 1.80 bits per heavy atom. The van der Waals surface area contributed by atoms with Crippen LogP contribution in [0.1, 0.15) is 12.5 Å². The molecule has 0 saturated carbocycles. The summed E-state index contributed by atoms with van der Waals surface area (Å²) in [6.45, 7) is 3.29. The molecule has 0 aliphatic carbocycles. The van der Waals surface area contributed by atoms with Gasteiger partial charge in [-0.2, -0.15) is 5.10 Å². The summed E-state index contributed by atoms with van der Waals surface area (Å²) in [6.07, 6.45) is 1.86. The zero-order valence-electron chi connectivity index (χ0n) is 5.84. The average Bonchev–Trinajstić information content (AvgIpc) is 2.30. The van der Waals surface area contributed by atoms with Gasteiger partial charge in [-0.05, 0) is 6.92 Å². The lowest BCUT2D eigenvalue weighted by Gasteiger charge is -1.89. The normalized spacial score (nSPS) is 10.3. The van der Waals surface area contributed by atoms with Crippen LogP contribution in [0.4, 0.5) is 0 Å². The van der Waals surface area contributed by atoms with Gasteiger partial charge in [-0.3, -0.25) is 4.68 Å². The van der Waals surface area contributed by atoms with E-state index in [1.54, 1.807) is 4.68 Å². The Hall–Kier alpha value is -0.540. The molecule has 56 valence electrons. The van der Waals surface area contributed by atoms with Crippen molar-refractivity contribution in [3.8, 4) is 0 Å². The fraction of sp³-hybridized carbons (Fsp3) is 0.500. The highest BCUT2D eigenvalue weighted by molar-refractivity contribution is 6.30. The van der Waals surface area contributed by atoms with Gasteiger partial charge in [0.1, 0.15) is 0 Å². The lowest BCUT2D eigenvalue weighted by molar-refractivity contribution is 0.659. The molecule has 0 unspecified atom stereocenters. The standard InChI is InChI=1S/C6H10ClN3/c1-2-10-4-5(3-8)6(7)9-10/h4H,2-3,8H2,1H3. The van der Waals surface area contributed by atoms with E-state index in [0.717, 1.165) is 12.1 Å². The Morgan fingerprint density at radius 3 is 2.80 bits per heavy atom. The first-order chi connectivity index (χ1) is 4.77. The van der Waals surface area contributed by atoms with Crippen LogP contribution in [-0.4, -0.2) is 9.78 Å². The van der Waals surface area contributed by atoms with E-state index >= 15 is 0 Å². The monoisotopic (exact) mass is 159 g/mol. The predicted octanol–water partition coefficient (Wildman–Crippen LogP) is 1.02. The summed E-state index contributed by atoms with van der Waals surface area (Å²) in [5.74, 6) is 0. The third-order valence-corrected chi connectivity index (χ3v) is 1.65. The largest absolute Gasteiger partial charge is 0.326 e. The van der Waals surface area contributed by atoms with Crippen LogP contribution in [0.15, 0.2) is 6.20 Å². The van der Waals surface area contributed by atoms with Crippen molar-refractivity contribution in [2.75, 3.05) is 0 Å². The quantitative estimate of drug-likeness (QED) is 0.700. The minimum atomic E-state index is 0.457. The van der Waals surface area contributed by atoms with Crippen LogP contribution in [0.3, 0.4) is 0 Å². The van der Waals surface area contributed by atoms with Crippen LogP contribution < -0.4 is 5.73 Å². The van der Waals surface area contributed by atoms with Gasteiger partial charge in [0, 0.05) is 24.8 Å². The van der Waals surface area contributed by atoms with Gasteiger partial charge in [-0.15, -0.1) is 0 Å². The first-order valence-electron chi connectivity index (χ1n) is 3.19. The molecule has 0 atom stereocenters. The molecule has 0 fully saturated rings. The molecule has 2 N–H and O–H groups in total. The summed E-state index contributed by atoms with van der Waals surface area (Å²) in [6, 6.07) is 0. The van der Waals surface area contributed by atoms with Crippen LogP contribution in [0.5, 0.6) is 0 Å². The van der Waals surface area contributed by atoms with Crippen molar-refractivity contribution in [2.24, 2.45) is 5.73 Å². The molecule has 0 aromatic carbocycles. The zero-order valence-corrected chi connectivity index (χ0v) is 6.60. The van der Waals surface area contributed by atoms with Crippen molar-refractivity contribution in [2.45, 2.75) is 20.0 Å². The number of hydrogen-bond acceptors (Lipinski definition) is 2. The first kappa shape index (κ1) is 7.57. The molecule has 0 bridgehead atoms. The molecule has 0 radical (unpaired) electrons. The molecular weight excluding hydrogens is 150 g/mol. The van der Waals surface area contributed by atoms with Gasteiger partial charge in [0.05, 0.1) is 0 Å². The van der Waals surface area contributed by atoms with Crippen LogP contribution in [0.2, 0.25) is 5.15 Å². The number of aromatic nitrogens is 2. The molecular formula is C6H10ClN3. The maximum absolute atomic E-state index is 5.71. The molecule has 1 aromatic heterocycles. The van der Waals surface area contributed by atoms with Crippen LogP contribution in [0.25, 0.3) is 0 Å². The maximum Gasteiger partial charge on any atom is 0.155 e. The van der Waals surface area contributed by atoms with Gasteiger partial charge >= 0.3 is 0 Å². The number of nitrogens with two attached hydrogens (primary N) is 1. The fourth-order valence-electron chi connectivity index (χ4n) is 0.738. The van der Waals surface area contributed by atoms with Crippen molar-refractivity contribution in [1.82, 2.24) is 9.78 Å². The molecule has 4 heteroatoms. The molecule has 0 amide bonds. The summed E-state index contributed by atoms with van der Waals surface area (Å²) in [4.78, 5) is 0. The number of nitrogens with zero attached hydrogens (tertiary/aromatic N) is 2. The van der Waals surface area contributed by atoms with Crippen molar-refractivity contribution < 1.29 is 0 Å². The SMILES string of the molecule is CCn1cc(CN)c(Cl)n1. The van der Waals surface area contributed by atoms with Gasteiger partial charge in [0.25, 0.3) is 0 Å². The number of halogens is 1. The molecule has 10 heavy (non-hydrogen) atoms. The molecule has 0 aliphatic heterocycles. The molecule has 1 rings (SSSR count). The molecule has 1 aromatic rings. The number of rotatable bonds is 2. The number of aryl methyl sites for hydroxylation is 1. The second-order valence-electron chi connectivity index (χ2n) is 2.00. The predicted molar refractivity (Wildman–Crippen MR) is 40.8 cm³/mol. The third kappa shape index (κ3) is 1.30. The first-order valence-corrected chi connectivity index (χ1v) is 3.57. The summed E-state index contributed by atoms with van der Waals surface area (Å²) < 4.78 is 1.77. The van der Waals surface area contributed by atoms with Gasteiger partial charge < -0.3 is 5.73 Å². The van der Waals surface area contributed by atoms with E-state index in [9.17, 15) is 0 Å². The molecule has 1 heterocycles. The summed E-state index contributed by atoms with van der Waals surface area (Å²) in [7, 11) is 0. The Bertz CT molecular complexity index is 219. The summed E-state index contributed by atoms with van der Waals surface area (Å²) in [5.41, 5.74) is 6.29. The van der Waals surface area contributed by atoms with Gasteiger partial charge in [-0.25, -0.2) is 0 Å². The van der Waals surface area contributed by atoms with E-state index in [1.165, 1.54) is 0 Å². The van der Waals surface area contributed by atoms with E-state index < -0.39 is 0 Å². The Labute approximate surface area is 64.8 Å². The van der Waals surface area contributed by atoms with Crippen molar-refractivity contribution in [3.05, 3.63) is 16.9 Å². The Balaban J connectivity index is 2.92. The molecule has 0 spiro atoms. The molecule has 0 aliphatic rings. The molecule has 3 nitrogen and oxygen atoms in total. The van der Waals surface area contributed by atoms with Gasteiger partial charge in [0.15, 0.2) is 5.15 Å². The highest BCUT2D eigenvalue weighted by Gasteiger charge is 2.01. The zero-order chi connectivity index (χ0) is 7.56. The van der Waals surface area contributed by atoms with E-state index in [-0.39, 0.29) is 0 Å². The molecule has 0 saturated heterocycles. The van der Waals surface area contributed by atoms with Crippen molar-refractivity contribution in [1.29, 1.82) is 0 Å². The fourth-order valence-corrected chi connectivity index (χ4v) is 0.961. The highest BCUT2D eigenvalue weighted by Crippen LogP contribution is 2.11. The summed E-state index contributed by atoms with van der Waals surface area (Å²) >= 11 is 5.71. The van der Waals surface area contributed by atoms with Crippen molar-refractivity contribution >= 4 is 11.6 Å². The second kappa shape index (κ2) is 3.03. The Kier molecular flexibility index (Phi) is 2.29. The smallest absolute Gasteiger partial charge is 0.155 e. The Morgan fingerprint density at radius 2 is 2.50 bits per heavy atom. The average molecular weight is 160 g/mol. The van der Waals surface area contributed by atoms with Crippen LogP contribution in [0, 0.1) is 0 Å². The minimum Gasteiger partial charge on any atom is -0.326 e. The van der Waals surface area contributed by atoms with Crippen LogP contribution in [-0.2, 0) is 13.1 Å². The lowest BCUT2D eigenvalue weighted by atomic mass is 10.4. The van der Waals surface area contributed by atoms with E-state index in [4.69, 9.17) is 17.3 Å². The van der Waals surface area contributed by atoms with Gasteiger partial charge in [-0.1, -0.05) is 11.6 Å². The van der Waals surface area contributed by atoms with E-state index in [0.29, 0.717) is 11.7 Å². The van der Waals surface area contributed by atoms with Gasteiger partial charge in [0.2, 0.25) is 0 Å². The van der Waals surface area contributed by atoms with E-state index in [2.05, 4.69) is 5.10 Å². The third-order valence-electron chi connectivity index (χ3n) is 1.33. The van der Waals surface area contributed by atoms with E-state index in [1.807, 2.05) is 13.1 Å². The highest BCUT2D eigenvalue weighted by atomic mass is 35.5. The lowest BCUT2D eigenvalue weighted by Crippen LogP contribution is -1.95. The topological polar surface area (TPSA) is 43.8 Å². The maximum atomic E-state index is 5.71. The number of hydrogen-bond donors (Lipinski definition) is 1. The second-order valence-corrected chi connectivity index (χ2v) is 2.36. The van der Waals surface area contributed by atoms with Crippen LogP contribution >= 0.6 is 11.6 Å². The van der Waals surface area contributed by atoms with Crippen molar-refractivity contribution in [3.63, 3.8) is 0 Å². The minimum absolute atomic E-state index is 0.457.